The van der Waals surface area contributed by atoms with E-state index in [1.807, 2.05) is 31.2 Å². The van der Waals surface area contributed by atoms with Crippen molar-refractivity contribution >= 4 is 5.91 Å². The maximum absolute atomic E-state index is 13.2. The molecule has 1 saturated heterocycles. The summed E-state index contributed by atoms with van der Waals surface area (Å²) in [6, 6.07) is 11.3. The lowest BCUT2D eigenvalue weighted by atomic mass is 10.1. The van der Waals surface area contributed by atoms with Gasteiger partial charge in [0.2, 0.25) is 0 Å². The summed E-state index contributed by atoms with van der Waals surface area (Å²) in [6.45, 7) is 3.38. The van der Waals surface area contributed by atoms with E-state index in [1.165, 1.54) is 6.07 Å². The Morgan fingerprint density at radius 3 is 2.80 bits per heavy atom. The van der Waals surface area contributed by atoms with Crippen molar-refractivity contribution in [2.75, 3.05) is 13.1 Å². The van der Waals surface area contributed by atoms with Crippen LogP contribution in [0.4, 0.5) is 8.78 Å². The zero-order valence-electron chi connectivity index (χ0n) is 14.2. The smallest absolute Gasteiger partial charge is 0.253 e. The fourth-order valence-electron chi connectivity index (χ4n) is 3.06. The first-order chi connectivity index (χ1) is 12.0. The highest BCUT2D eigenvalue weighted by molar-refractivity contribution is 5.94. The van der Waals surface area contributed by atoms with E-state index in [2.05, 4.69) is 0 Å². The van der Waals surface area contributed by atoms with Gasteiger partial charge in [0.05, 0.1) is 12.7 Å². The minimum Gasteiger partial charge on any atom is -0.372 e. The molecule has 1 atom stereocenters. The lowest BCUT2D eigenvalue weighted by Gasteiger charge is -2.32. The highest BCUT2D eigenvalue weighted by Gasteiger charge is 2.25. The van der Waals surface area contributed by atoms with Crippen LogP contribution in [0.15, 0.2) is 42.5 Å². The van der Waals surface area contributed by atoms with E-state index >= 15 is 0 Å². The molecule has 3 rings (SSSR count). The van der Waals surface area contributed by atoms with Gasteiger partial charge in [-0.05, 0) is 49.6 Å². The van der Waals surface area contributed by atoms with Crippen molar-refractivity contribution in [1.29, 1.82) is 0 Å². The minimum atomic E-state index is -0.874. The summed E-state index contributed by atoms with van der Waals surface area (Å²) in [4.78, 5) is 14.4. The molecule has 1 fully saturated rings. The predicted octanol–water partition coefficient (Wildman–Crippen LogP) is 4.09. The van der Waals surface area contributed by atoms with E-state index in [4.69, 9.17) is 4.74 Å². The van der Waals surface area contributed by atoms with E-state index in [-0.39, 0.29) is 18.6 Å². The van der Waals surface area contributed by atoms with E-state index in [9.17, 15) is 13.6 Å². The monoisotopic (exact) mass is 345 g/mol. The number of halogens is 2. The highest BCUT2D eigenvalue weighted by Crippen LogP contribution is 2.18. The summed E-state index contributed by atoms with van der Waals surface area (Å²) in [7, 11) is 0. The zero-order valence-corrected chi connectivity index (χ0v) is 14.2. The third-order valence-electron chi connectivity index (χ3n) is 4.40. The summed E-state index contributed by atoms with van der Waals surface area (Å²) in [6.07, 6.45) is 1.61. The van der Waals surface area contributed by atoms with Crippen LogP contribution in [0.1, 0.15) is 34.3 Å². The van der Waals surface area contributed by atoms with Gasteiger partial charge in [0.15, 0.2) is 11.6 Å². The van der Waals surface area contributed by atoms with Gasteiger partial charge in [0, 0.05) is 18.7 Å². The molecule has 0 saturated carbocycles. The largest absolute Gasteiger partial charge is 0.372 e. The van der Waals surface area contributed by atoms with Crippen molar-refractivity contribution < 1.29 is 18.3 Å². The van der Waals surface area contributed by atoms with Crippen molar-refractivity contribution in [2.24, 2.45) is 0 Å². The maximum Gasteiger partial charge on any atom is 0.253 e. The van der Waals surface area contributed by atoms with Crippen LogP contribution in [0.2, 0.25) is 0 Å². The zero-order chi connectivity index (χ0) is 17.8. The minimum absolute atomic E-state index is 0.00447. The summed E-state index contributed by atoms with van der Waals surface area (Å²) in [5, 5.41) is 0. The number of ether oxygens (including phenoxy) is 1. The van der Waals surface area contributed by atoms with Crippen molar-refractivity contribution in [2.45, 2.75) is 32.5 Å². The van der Waals surface area contributed by atoms with E-state index in [0.717, 1.165) is 30.5 Å². The number of benzene rings is 2. The molecule has 2 aromatic carbocycles. The number of piperidine rings is 1. The predicted molar refractivity (Wildman–Crippen MR) is 91.3 cm³/mol. The fourth-order valence-corrected chi connectivity index (χ4v) is 3.06. The van der Waals surface area contributed by atoms with Gasteiger partial charge < -0.3 is 9.64 Å². The van der Waals surface area contributed by atoms with Gasteiger partial charge >= 0.3 is 0 Å². The number of likely N-dealkylation sites (tertiary alicyclic amines) is 1. The molecule has 0 aliphatic carbocycles. The fraction of sp³-hybridized carbons (Fsp3) is 0.350. The van der Waals surface area contributed by atoms with Crippen LogP contribution in [-0.2, 0) is 11.3 Å². The Morgan fingerprint density at radius 2 is 2.04 bits per heavy atom. The van der Waals surface area contributed by atoms with Gasteiger partial charge in [0.25, 0.3) is 5.91 Å². The number of hydrogen-bond donors (Lipinski definition) is 0. The molecule has 1 aliphatic rings. The summed E-state index contributed by atoms with van der Waals surface area (Å²) in [5.41, 5.74) is 2.32. The van der Waals surface area contributed by atoms with Gasteiger partial charge in [-0.3, -0.25) is 4.79 Å². The first-order valence-electron chi connectivity index (χ1n) is 8.44. The average Bonchev–Trinajstić information content (AvgIpc) is 2.62. The molecule has 1 amide bonds. The number of rotatable bonds is 4. The molecular weight excluding hydrogens is 324 g/mol. The maximum atomic E-state index is 13.2. The second-order valence-electron chi connectivity index (χ2n) is 6.44. The van der Waals surface area contributed by atoms with Gasteiger partial charge in [0.1, 0.15) is 0 Å². The third kappa shape index (κ3) is 4.42. The lowest BCUT2D eigenvalue weighted by Crippen LogP contribution is -2.43. The Balaban J connectivity index is 1.59. The molecule has 0 unspecified atom stereocenters. The topological polar surface area (TPSA) is 29.5 Å². The lowest BCUT2D eigenvalue weighted by molar-refractivity contribution is -0.00682. The normalized spacial score (nSPS) is 17.6. The molecule has 0 spiro atoms. The standard InChI is InChI=1S/C20H21F2NO2/c1-14-4-2-5-16(10-14)20(24)23-9-3-6-17(12-23)25-13-15-7-8-18(21)19(22)11-15/h2,4-5,7-8,10-11,17H,3,6,9,12-13H2,1H3/t17-/m0/s1. The first kappa shape index (κ1) is 17.5. The number of nitrogens with zero attached hydrogens (tertiary/aromatic N) is 1. The van der Waals surface area contributed by atoms with Gasteiger partial charge in [-0.2, -0.15) is 0 Å². The molecule has 0 radical (unpaired) electrons. The molecule has 5 heteroatoms. The summed E-state index contributed by atoms with van der Waals surface area (Å²) >= 11 is 0. The number of carbonyl (C=O) groups excluding carboxylic acids is 1. The Hall–Kier alpha value is -2.27. The van der Waals surface area contributed by atoms with Crippen LogP contribution in [0, 0.1) is 18.6 Å². The number of carbonyl (C=O) groups is 1. The number of aryl methyl sites for hydroxylation is 1. The average molecular weight is 345 g/mol. The number of amides is 1. The van der Waals surface area contributed by atoms with Crippen LogP contribution >= 0.6 is 0 Å². The Morgan fingerprint density at radius 1 is 1.20 bits per heavy atom. The Labute approximate surface area is 146 Å². The molecule has 1 aliphatic heterocycles. The van der Waals surface area contributed by atoms with Gasteiger partial charge in [-0.25, -0.2) is 8.78 Å². The third-order valence-corrected chi connectivity index (χ3v) is 4.40. The molecule has 1 heterocycles. The molecule has 25 heavy (non-hydrogen) atoms. The van der Waals surface area contributed by atoms with Crippen molar-refractivity contribution in [3.05, 3.63) is 70.8 Å². The Kier molecular flexibility index (Phi) is 5.43. The SMILES string of the molecule is Cc1cccc(C(=O)N2CCC[C@H](OCc3ccc(F)c(F)c3)C2)c1. The van der Waals surface area contributed by atoms with Crippen molar-refractivity contribution in [3.63, 3.8) is 0 Å². The van der Waals surface area contributed by atoms with E-state index in [0.29, 0.717) is 24.2 Å². The van der Waals surface area contributed by atoms with Crippen LogP contribution in [-0.4, -0.2) is 30.0 Å². The number of hydrogen-bond acceptors (Lipinski definition) is 2. The molecule has 0 bridgehead atoms. The quantitative estimate of drug-likeness (QED) is 0.835. The molecular formula is C20H21F2NO2. The molecule has 3 nitrogen and oxygen atoms in total. The van der Waals surface area contributed by atoms with E-state index in [1.54, 1.807) is 4.90 Å². The Bertz CT molecular complexity index is 763. The summed E-state index contributed by atoms with van der Waals surface area (Å²) < 4.78 is 32.0. The van der Waals surface area contributed by atoms with Crippen LogP contribution in [0.3, 0.4) is 0 Å². The van der Waals surface area contributed by atoms with Gasteiger partial charge in [-0.1, -0.05) is 23.8 Å². The molecule has 132 valence electrons. The summed E-state index contributed by atoms with van der Waals surface area (Å²) in [5.74, 6) is -1.73. The van der Waals surface area contributed by atoms with E-state index < -0.39 is 11.6 Å². The van der Waals surface area contributed by atoms with Crippen molar-refractivity contribution in [3.8, 4) is 0 Å². The first-order valence-corrected chi connectivity index (χ1v) is 8.44. The van der Waals surface area contributed by atoms with Crippen LogP contribution < -0.4 is 0 Å². The molecule has 0 N–H and O–H groups in total. The second-order valence-corrected chi connectivity index (χ2v) is 6.44. The van der Waals surface area contributed by atoms with Crippen LogP contribution in [0.5, 0.6) is 0 Å². The van der Waals surface area contributed by atoms with Crippen LogP contribution in [0.25, 0.3) is 0 Å². The highest BCUT2D eigenvalue weighted by atomic mass is 19.2. The van der Waals surface area contributed by atoms with Gasteiger partial charge in [-0.15, -0.1) is 0 Å². The molecule has 0 aromatic heterocycles. The second kappa shape index (κ2) is 7.74. The van der Waals surface area contributed by atoms with Crippen molar-refractivity contribution in [1.82, 2.24) is 4.90 Å². The molecule has 2 aromatic rings.